The molecule has 0 radical (unpaired) electrons. The molecule has 0 atom stereocenters. The Labute approximate surface area is 107 Å². The zero-order chi connectivity index (χ0) is 13.5. The second-order valence-corrected chi connectivity index (χ2v) is 4.13. The summed E-state index contributed by atoms with van der Waals surface area (Å²) in [6.07, 6.45) is 1.98. The summed E-state index contributed by atoms with van der Waals surface area (Å²) in [5.74, 6) is 1.53. The lowest BCUT2D eigenvalue weighted by Gasteiger charge is -2.21. The van der Waals surface area contributed by atoms with Crippen molar-refractivity contribution in [3.8, 4) is 0 Å². The van der Waals surface area contributed by atoms with E-state index in [1.165, 1.54) is 5.94 Å². The van der Waals surface area contributed by atoms with Gasteiger partial charge in [0.15, 0.2) is 5.94 Å². The molecule has 5 heteroatoms. The Kier molecular flexibility index (Phi) is 5.33. The van der Waals surface area contributed by atoms with Crippen LogP contribution in [0, 0.1) is 6.92 Å². The lowest BCUT2D eigenvalue weighted by Crippen LogP contribution is -2.27. The molecule has 0 amide bonds. The van der Waals surface area contributed by atoms with Crippen molar-refractivity contribution in [1.29, 1.82) is 0 Å². The van der Waals surface area contributed by atoms with Crippen molar-refractivity contribution in [2.45, 2.75) is 33.6 Å². The molecule has 0 aliphatic heterocycles. The minimum Gasteiger partial charge on any atom is -0.497 e. The van der Waals surface area contributed by atoms with Crippen LogP contribution in [0.3, 0.4) is 0 Å². The number of anilines is 1. The summed E-state index contributed by atoms with van der Waals surface area (Å²) in [6, 6.07) is 1.57. The van der Waals surface area contributed by atoms with E-state index in [0.29, 0.717) is 11.6 Å². The summed E-state index contributed by atoms with van der Waals surface area (Å²) in [6.45, 7) is 7.68. The molecule has 0 unspecified atom stereocenters. The van der Waals surface area contributed by atoms with Gasteiger partial charge < -0.3 is 10.0 Å². The van der Waals surface area contributed by atoms with Gasteiger partial charge in [0.2, 0.25) is 11.7 Å². The Balaban J connectivity index is 3.13. The van der Waals surface area contributed by atoms with Gasteiger partial charge in [0, 0.05) is 18.8 Å². The van der Waals surface area contributed by atoms with Crippen LogP contribution in [0.25, 0.3) is 5.76 Å². The number of aliphatic hydroxyl groups is 1. The van der Waals surface area contributed by atoms with Gasteiger partial charge in [-0.05, 0) is 25.8 Å². The number of hydrogen-bond acceptors (Lipinski definition) is 5. The van der Waals surface area contributed by atoms with Gasteiger partial charge in [-0.25, -0.2) is 14.8 Å². The molecule has 0 aromatic carbocycles. The molecule has 18 heavy (non-hydrogen) atoms. The first kappa shape index (κ1) is 14.2. The van der Waals surface area contributed by atoms with Gasteiger partial charge >= 0.3 is 0 Å². The van der Waals surface area contributed by atoms with E-state index in [2.05, 4.69) is 28.7 Å². The molecule has 98 valence electrons. The first-order valence-electron chi connectivity index (χ1n) is 6.17. The van der Waals surface area contributed by atoms with E-state index in [1.54, 1.807) is 6.07 Å². The maximum Gasteiger partial charge on any atom is 0.227 e. The molecular formula is C13H19N3O2. The third-order valence-electron chi connectivity index (χ3n) is 2.45. The lowest BCUT2D eigenvalue weighted by molar-refractivity contribution is 0.500. The smallest absolute Gasteiger partial charge is 0.227 e. The fraction of sp³-hybridized carbons (Fsp3) is 0.538. The maximum atomic E-state index is 10.5. The van der Waals surface area contributed by atoms with Crippen LogP contribution in [0.5, 0.6) is 0 Å². The van der Waals surface area contributed by atoms with Crippen LogP contribution in [0.2, 0.25) is 0 Å². The van der Waals surface area contributed by atoms with E-state index in [0.717, 1.165) is 25.9 Å². The van der Waals surface area contributed by atoms with Crippen molar-refractivity contribution in [1.82, 2.24) is 9.97 Å². The van der Waals surface area contributed by atoms with E-state index in [9.17, 15) is 9.90 Å². The maximum absolute atomic E-state index is 10.5. The number of aliphatic hydroxyl groups excluding tert-OH is 1. The van der Waals surface area contributed by atoms with Crippen molar-refractivity contribution in [2.24, 2.45) is 0 Å². The predicted octanol–water partition coefficient (Wildman–Crippen LogP) is 2.14. The molecule has 0 spiro atoms. The first-order valence-corrected chi connectivity index (χ1v) is 6.17. The molecule has 1 aromatic heterocycles. The van der Waals surface area contributed by atoms with Gasteiger partial charge in [0.1, 0.15) is 5.69 Å². The second kappa shape index (κ2) is 6.77. The van der Waals surface area contributed by atoms with E-state index in [-0.39, 0.29) is 5.69 Å². The van der Waals surface area contributed by atoms with E-state index in [1.807, 2.05) is 6.92 Å². The van der Waals surface area contributed by atoms with Crippen LogP contribution in [-0.2, 0) is 4.79 Å². The largest absolute Gasteiger partial charge is 0.497 e. The average Bonchev–Trinajstić information content (AvgIpc) is 2.36. The minimum absolute atomic E-state index is 0.227. The second-order valence-electron chi connectivity index (χ2n) is 4.13. The third kappa shape index (κ3) is 3.57. The van der Waals surface area contributed by atoms with Crippen molar-refractivity contribution >= 4 is 17.6 Å². The normalized spacial score (nSPS) is 9.94. The highest BCUT2D eigenvalue weighted by atomic mass is 16.3. The zero-order valence-electron chi connectivity index (χ0n) is 11.1. The molecule has 5 nitrogen and oxygen atoms in total. The van der Waals surface area contributed by atoms with Gasteiger partial charge in [-0.15, -0.1) is 0 Å². The van der Waals surface area contributed by atoms with E-state index in [4.69, 9.17) is 0 Å². The molecule has 1 heterocycles. The molecule has 0 saturated heterocycles. The highest BCUT2D eigenvalue weighted by molar-refractivity contribution is 5.80. The van der Waals surface area contributed by atoms with Crippen molar-refractivity contribution in [3.05, 3.63) is 17.5 Å². The number of rotatable bonds is 6. The monoisotopic (exact) mass is 249 g/mol. The van der Waals surface area contributed by atoms with Crippen molar-refractivity contribution in [3.63, 3.8) is 0 Å². The lowest BCUT2D eigenvalue weighted by atomic mass is 10.3. The Morgan fingerprint density at radius 3 is 2.44 bits per heavy atom. The predicted molar refractivity (Wildman–Crippen MR) is 71.3 cm³/mol. The summed E-state index contributed by atoms with van der Waals surface area (Å²) >= 11 is 0. The van der Waals surface area contributed by atoms with Crippen LogP contribution >= 0.6 is 0 Å². The summed E-state index contributed by atoms with van der Waals surface area (Å²) in [4.78, 5) is 21.1. The van der Waals surface area contributed by atoms with Gasteiger partial charge in [-0.1, -0.05) is 13.8 Å². The highest BCUT2D eigenvalue weighted by Crippen LogP contribution is 2.14. The quantitative estimate of drug-likeness (QED) is 0.618. The topological polar surface area (TPSA) is 66.3 Å². The molecule has 0 fully saturated rings. The Morgan fingerprint density at radius 1 is 1.33 bits per heavy atom. The van der Waals surface area contributed by atoms with Crippen molar-refractivity contribution < 1.29 is 9.90 Å². The van der Waals surface area contributed by atoms with Gasteiger partial charge in [0.05, 0.1) is 0 Å². The molecule has 1 rings (SSSR count). The molecule has 1 aromatic rings. The Hall–Kier alpha value is -1.87. The number of hydrogen-bond donors (Lipinski definition) is 1. The van der Waals surface area contributed by atoms with Crippen LogP contribution in [0.4, 0.5) is 5.95 Å². The van der Waals surface area contributed by atoms with Crippen molar-refractivity contribution in [2.75, 3.05) is 18.0 Å². The summed E-state index contributed by atoms with van der Waals surface area (Å²) in [5, 5.41) is 9.40. The Morgan fingerprint density at radius 2 is 1.94 bits per heavy atom. The third-order valence-corrected chi connectivity index (χ3v) is 2.45. The average molecular weight is 249 g/mol. The fourth-order valence-corrected chi connectivity index (χ4v) is 1.72. The summed E-state index contributed by atoms with van der Waals surface area (Å²) < 4.78 is 0. The van der Waals surface area contributed by atoms with Crippen LogP contribution in [-0.4, -0.2) is 34.1 Å². The van der Waals surface area contributed by atoms with Gasteiger partial charge in [-0.2, -0.15) is 0 Å². The highest BCUT2D eigenvalue weighted by Gasteiger charge is 2.12. The summed E-state index contributed by atoms with van der Waals surface area (Å²) in [7, 11) is 0. The molecule has 1 N–H and O–H groups in total. The van der Waals surface area contributed by atoms with Crippen LogP contribution < -0.4 is 4.90 Å². The van der Waals surface area contributed by atoms with Crippen LogP contribution in [0.15, 0.2) is 6.07 Å². The van der Waals surface area contributed by atoms with Crippen LogP contribution in [0.1, 0.15) is 38.1 Å². The zero-order valence-corrected chi connectivity index (χ0v) is 11.1. The summed E-state index contributed by atoms with van der Waals surface area (Å²) in [5.41, 5.74) is 0.943. The van der Waals surface area contributed by atoms with E-state index >= 15 is 0 Å². The first-order chi connectivity index (χ1) is 8.62. The van der Waals surface area contributed by atoms with E-state index < -0.39 is 5.76 Å². The minimum atomic E-state index is -0.477. The number of carbonyl (C=O) groups excluding carboxylic acids is 1. The number of nitrogens with zero attached hydrogens (tertiary/aromatic N) is 3. The molecule has 0 bridgehead atoms. The number of aromatic nitrogens is 2. The molecular weight excluding hydrogens is 230 g/mol. The standard InChI is InChI=1S/C13H19N3O2/c1-4-6-16(7-5-2)13-14-10(3)8-11(15-13)12(18)9-17/h8,18H,4-7H2,1-3H3. The number of aryl methyl sites for hydroxylation is 1. The van der Waals surface area contributed by atoms with Gasteiger partial charge in [0.25, 0.3) is 0 Å². The fourth-order valence-electron chi connectivity index (χ4n) is 1.72. The molecule has 0 saturated carbocycles. The molecule has 0 aliphatic carbocycles. The van der Waals surface area contributed by atoms with Gasteiger partial charge in [-0.3, -0.25) is 0 Å². The Bertz CT molecular complexity index is 448. The SMILES string of the molecule is CCCN(CCC)c1nc(C)cc(C(O)=C=O)n1. The molecule has 0 aliphatic rings.